The molecule has 7 heteroatoms. The van der Waals surface area contributed by atoms with Crippen LogP contribution >= 0.6 is 0 Å². The highest BCUT2D eigenvalue weighted by Gasteiger charge is 2.39. The first-order valence-corrected chi connectivity index (χ1v) is 6.10. The molecular formula is C12H16N2O5. The van der Waals surface area contributed by atoms with Gasteiger partial charge in [-0.3, -0.25) is 9.69 Å². The molecule has 0 radical (unpaired) electrons. The van der Waals surface area contributed by atoms with Crippen LogP contribution < -0.4 is 0 Å². The molecule has 2 heterocycles. The molecule has 2 aliphatic rings. The molecule has 0 aliphatic carbocycles. The van der Waals surface area contributed by atoms with E-state index in [1.54, 1.807) is 0 Å². The van der Waals surface area contributed by atoms with Crippen LogP contribution in [0.1, 0.15) is 13.3 Å². The summed E-state index contributed by atoms with van der Waals surface area (Å²) in [7, 11) is 0. The zero-order chi connectivity index (χ0) is 14.0. The average Bonchev–Trinajstić information content (AvgIpc) is 2.89. The Kier molecular flexibility index (Phi) is 3.73. The third kappa shape index (κ3) is 2.86. The Bertz CT molecular complexity index is 434. The third-order valence-corrected chi connectivity index (χ3v) is 3.08. The van der Waals surface area contributed by atoms with Crippen LogP contribution in [0, 0.1) is 0 Å². The van der Waals surface area contributed by atoms with Crippen molar-refractivity contribution < 1.29 is 23.9 Å². The first kappa shape index (κ1) is 13.4. The molecule has 0 aromatic carbocycles. The fourth-order valence-corrected chi connectivity index (χ4v) is 1.94. The van der Waals surface area contributed by atoms with Crippen molar-refractivity contribution in [2.24, 2.45) is 0 Å². The van der Waals surface area contributed by atoms with Gasteiger partial charge in [0.05, 0.1) is 6.54 Å². The van der Waals surface area contributed by atoms with E-state index in [4.69, 9.17) is 4.74 Å². The molecule has 2 saturated heterocycles. The topological polar surface area (TPSA) is 76.2 Å². The smallest absolute Gasteiger partial charge is 0.430 e. The van der Waals surface area contributed by atoms with E-state index in [2.05, 4.69) is 11.3 Å². The highest BCUT2D eigenvalue weighted by Crippen LogP contribution is 2.16. The molecule has 2 fully saturated rings. The number of cyclic esters (lactones) is 2. The minimum atomic E-state index is -0.764. The Morgan fingerprint density at radius 3 is 2.74 bits per heavy atom. The van der Waals surface area contributed by atoms with Gasteiger partial charge in [-0.2, -0.15) is 0 Å². The van der Waals surface area contributed by atoms with E-state index in [0.717, 1.165) is 16.9 Å². The molecule has 0 aromatic rings. The molecule has 0 bridgehead atoms. The SMILES string of the molecule is C=C(CC)CN1CC(=O)N(C[C@H]2COC(=O)O2)C1=O. The predicted molar refractivity (Wildman–Crippen MR) is 64.3 cm³/mol. The number of urea groups is 1. The number of carbonyl (C=O) groups excluding carboxylic acids is 3. The van der Waals surface area contributed by atoms with Gasteiger partial charge in [0.15, 0.2) is 6.10 Å². The fraction of sp³-hybridized carbons (Fsp3) is 0.583. The number of hydrogen-bond donors (Lipinski definition) is 0. The molecule has 0 saturated carbocycles. The number of imide groups is 1. The van der Waals surface area contributed by atoms with Gasteiger partial charge in [-0.05, 0) is 6.42 Å². The molecule has 0 spiro atoms. The summed E-state index contributed by atoms with van der Waals surface area (Å²) in [4.78, 5) is 37.1. The molecule has 3 amide bonds. The van der Waals surface area contributed by atoms with E-state index in [1.807, 2.05) is 6.92 Å². The first-order chi connectivity index (χ1) is 9.01. The molecule has 0 N–H and O–H groups in total. The van der Waals surface area contributed by atoms with Crippen molar-refractivity contribution in [2.75, 3.05) is 26.2 Å². The van der Waals surface area contributed by atoms with E-state index < -0.39 is 12.3 Å². The molecule has 1 atom stereocenters. The largest absolute Gasteiger partial charge is 0.508 e. The van der Waals surface area contributed by atoms with Crippen molar-refractivity contribution in [1.29, 1.82) is 0 Å². The van der Waals surface area contributed by atoms with Gasteiger partial charge in [-0.1, -0.05) is 19.1 Å². The Balaban J connectivity index is 1.94. The second-order valence-electron chi connectivity index (χ2n) is 4.55. The van der Waals surface area contributed by atoms with Crippen molar-refractivity contribution in [3.63, 3.8) is 0 Å². The number of amides is 3. The quantitative estimate of drug-likeness (QED) is 0.418. The van der Waals surface area contributed by atoms with Crippen molar-refractivity contribution >= 4 is 18.1 Å². The van der Waals surface area contributed by atoms with Crippen LogP contribution in [-0.2, 0) is 14.3 Å². The maximum Gasteiger partial charge on any atom is 0.508 e. The zero-order valence-electron chi connectivity index (χ0n) is 10.8. The Morgan fingerprint density at radius 2 is 2.16 bits per heavy atom. The molecule has 104 valence electrons. The second-order valence-corrected chi connectivity index (χ2v) is 4.55. The number of ether oxygens (including phenoxy) is 2. The van der Waals surface area contributed by atoms with Crippen LogP contribution in [0.3, 0.4) is 0 Å². The average molecular weight is 268 g/mol. The third-order valence-electron chi connectivity index (χ3n) is 3.08. The lowest BCUT2D eigenvalue weighted by molar-refractivity contribution is -0.126. The van der Waals surface area contributed by atoms with Gasteiger partial charge in [0.1, 0.15) is 13.2 Å². The summed E-state index contributed by atoms with van der Waals surface area (Å²) in [6.45, 7) is 6.29. The first-order valence-electron chi connectivity index (χ1n) is 6.10. The van der Waals surface area contributed by atoms with Gasteiger partial charge < -0.3 is 14.4 Å². The summed E-state index contributed by atoms with van der Waals surface area (Å²) in [6.07, 6.45) is -0.582. The molecule has 19 heavy (non-hydrogen) atoms. The molecule has 7 nitrogen and oxygen atoms in total. The van der Waals surface area contributed by atoms with Crippen molar-refractivity contribution in [2.45, 2.75) is 19.4 Å². The highest BCUT2D eigenvalue weighted by atomic mass is 16.8. The van der Waals surface area contributed by atoms with Crippen LogP contribution in [0.25, 0.3) is 0 Å². The van der Waals surface area contributed by atoms with Crippen molar-refractivity contribution in [3.8, 4) is 0 Å². The van der Waals surface area contributed by atoms with E-state index in [-0.39, 0.29) is 31.6 Å². The summed E-state index contributed by atoms with van der Waals surface area (Å²) >= 11 is 0. The van der Waals surface area contributed by atoms with Crippen LogP contribution in [0.4, 0.5) is 9.59 Å². The van der Waals surface area contributed by atoms with Gasteiger partial charge in [-0.25, -0.2) is 9.59 Å². The normalized spacial score (nSPS) is 22.8. The molecule has 2 aliphatic heterocycles. The van der Waals surface area contributed by atoms with E-state index in [0.29, 0.717) is 6.54 Å². The zero-order valence-corrected chi connectivity index (χ0v) is 10.8. The summed E-state index contributed by atoms with van der Waals surface area (Å²) in [5, 5.41) is 0. The van der Waals surface area contributed by atoms with E-state index >= 15 is 0 Å². The summed E-state index contributed by atoms with van der Waals surface area (Å²) in [5.41, 5.74) is 0.888. The molecular weight excluding hydrogens is 252 g/mol. The maximum absolute atomic E-state index is 12.0. The van der Waals surface area contributed by atoms with Crippen LogP contribution in [0.5, 0.6) is 0 Å². The van der Waals surface area contributed by atoms with Crippen LogP contribution in [-0.4, -0.2) is 60.2 Å². The number of rotatable bonds is 5. The van der Waals surface area contributed by atoms with Crippen LogP contribution in [0.2, 0.25) is 0 Å². The van der Waals surface area contributed by atoms with Crippen LogP contribution in [0.15, 0.2) is 12.2 Å². The minimum Gasteiger partial charge on any atom is -0.430 e. The summed E-state index contributed by atoms with van der Waals surface area (Å²) in [5.74, 6) is -0.295. The lowest BCUT2D eigenvalue weighted by Gasteiger charge is -2.18. The van der Waals surface area contributed by atoms with Gasteiger partial charge in [0.2, 0.25) is 5.91 Å². The van der Waals surface area contributed by atoms with E-state index in [9.17, 15) is 14.4 Å². The Morgan fingerprint density at radius 1 is 1.42 bits per heavy atom. The van der Waals surface area contributed by atoms with Crippen molar-refractivity contribution in [1.82, 2.24) is 9.80 Å². The molecule has 0 aromatic heterocycles. The van der Waals surface area contributed by atoms with Gasteiger partial charge in [0, 0.05) is 6.54 Å². The predicted octanol–water partition coefficient (Wildman–Crippen LogP) is 0.752. The lowest BCUT2D eigenvalue weighted by atomic mass is 10.2. The monoisotopic (exact) mass is 268 g/mol. The number of carbonyl (C=O) groups is 3. The highest BCUT2D eigenvalue weighted by molar-refractivity contribution is 6.02. The van der Waals surface area contributed by atoms with Gasteiger partial charge in [-0.15, -0.1) is 0 Å². The summed E-state index contributed by atoms with van der Waals surface area (Å²) in [6, 6.07) is -0.373. The minimum absolute atomic E-state index is 0.0402. The lowest BCUT2D eigenvalue weighted by Crippen LogP contribution is -2.39. The number of hydrogen-bond acceptors (Lipinski definition) is 5. The molecule has 0 unspecified atom stereocenters. The van der Waals surface area contributed by atoms with E-state index in [1.165, 1.54) is 4.90 Å². The van der Waals surface area contributed by atoms with Gasteiger partial charge in [0.25, 0.3) is 0 Å². The summed E-state index contributed by atoms with van der Waals surface area (Å²) < 4.78 is 9.43. The van der Waals surface area contributed by atoms with Gasteiger partial charge >= 0.3 is 12.2 Å². The fourth-order valence-electron chi connectivity index (χ4n) is 1.94. The standard InChI is InChI=1S/C12H16N2O5/c1-3-8(2)4-13-6-10(15)14(11(13)16)5-9-7-18-12(17)19-9/h9H,2-7H2,1H3/t9-/m0/s1. The van der Waals surface area contributed by atoms with Crippen molar-refractivity contribution in [3.05, 3.63) is 12.2 Å². The maximum atomic E-state index is 12.0. The molecule has 2 rings (SSSR count). The second kappa shape index (κ2) is 5.29. The Labute approximate surface area is 110 Å². The Hall–Kier alpha value is -2.05. The number of nitrogens with zero attached hydrogens (tertiary/aromatic N) is 2.